The van der Waals surface area contributed by atoms with E-state index < -0.39 is 18.0 Å². The molecule has 2 aromatic carbocycles. The number of likely N-dealkylation sites (tertiary alicyclic amines) is 2. The van der Waals surface area contributed by atoms with Crippen molar-refractivity contribution in [2.45, 2.75) is 70.1 Å². The van der Waals surface area contributed by atoms with Crippen molar-refractivity contribution in [1.29, 1.82) is 0 Å². The van der Waals surface area contributed by atoms with Crippen LogP contribution in [0.2, 0.25) is 0 Å². The van der Waals surface area contributed by atoms with Crippen LogP contribution in [0.5, 0.6) is 0 Å². The summed E-state index contributed by atoms with van der Waals surface area (Å²) < 4.78 is 16.8. The number of urea groups is 1. The van der Waals surface area contributed by atoms with Crippen LogP contribution in [0.4, 0.5) is 15.3 Å². The molecule has 0 saturated carbocycles. The summed E-state index contributed by atoms with van der Waals surface area (Å²) in [5.74, 6) is -0.959. The first-order valence-electron chi connectivity index (χ1n) is 20.8. The third kappa shape index (κ3) is 10.2. The van der Waals surface area contributed by atoms with Crippen molar-refractivity contribution in [3.63, 3.8) is 0 Å². The van der Waals surface area contributed by atoms with Gasteiger partial charge in [0.25, 0.3) is 5.91 Å². The van der Waals surface area contributed by atoms with Crippen LogP contribution in [0.25, 0.3) is 11.1 Å². The molecule has 3 saturated heterocycles. The summed E-state index contributed by atoms with van der Waals surface area (Å²) in [4.78, 5) is 80.2. The Morgan fingerprint density at radius 3 is 2.36 bits per heavy atom. The number of rotatable bonds is 12. The Labute approximate surface area is 339 Å². The monoisotopic (exact) mass is 802 g/mol. The van der Waals surface area contributed by atoms with Gasteiger partial charge in [-0.3, -0.25) is 19.5 Å². The van der Waals surface area contributed by atoms with Gasteiger partial charge < -0.3 is 43.7 Å². The van der Waals surface area contributed by atoms with Gasteiger partial charge >= 0.3 is 23.8 Å². The normalized spacial score (nSPS) is 19.5. The van der Waals surface area contributed by atoms with Gasteiger partial charge in [-0.05, 0) is 95.0 Å². The second-order valence-electron chi connectivity index (χ2n) is 16.3. The third-order valence-electron chi connectivity index (χ3n) is 12.2. The lowest BCUT2D eigenvalue weighted by molar-refractivity contribution is -0.145. The second kappa shape index (κ2) is 18.8. The summed E-state index contributed by atoms with van der Waals surface area (Å²) in [6.07, 6.45) is 2.83. The van der Waals surface area contributed by atoms with Gasteiger partial charge in [0, 0.05) is 83.1 Å². The Morgan fingerprint density at radius 2 is 1.62 bits per heavy atom. The minimum absolute atomic E-state index is 0.0214. The quantitative estimate of drug-likeness (QED) is 0.259. The zero-order valence-electron chi connectivity index (χ0n) is 34.1. The number of piperidine rings is 2. The van der Waals surface area contributed by atoms with Crippen LogP contribution in [-0.2, 0) is 31.9 Å². The van der Waals surface area contributed by atoms with Crippen molar-refractivity contribution in [2.75, 3.05) is 98.0 Å². The van der Waals surface area contributed by atoms with Crippen molar-refractivity contribution in [3.05, 3.63) is 63.6 Å². The predicted molar refractivity (Wildman–Crippen MR) is 218 cm³/mol. The minimum Gasteiger partial charge on any atom is -0.464 e. The Morgan fingerprint density at radius 1 is 0.897 bits per heavy atom. The highest BCUT2D eigenvalue weighted by molar-refractivity contribution is 5.91. The first kappa shape index (κ1) is 41.2. The fraction of sp³-hybridized carbons (Fsp3) is 0.595. The average Bonchev–Trinajstić information content (AvgIpc) is 3.52. The zero-order chi connectivity index (χ0) is 40.8. The van der Waals surface area contributed by atoms with Gasteiger partial charge in [0.05, 0.1) is 11.9 Å². The number of fused-ring (bicyclic) bond motifs is 2. The molecule has 0 spiro atoms. The van der Waals surface area contributed by atoms with Crippen LogP contribution >= 0.6 is 0 Å². The van der Waals surface area contributed by atoms with Gasteiger partial charge in [-0.25, -0.2) is 14.4 Å². The number of carbonyl (C=O) groups is 4. The number of hydrogen-bond acceptors (Lipinski definition) is 11. The molecule has 16 nitrogen and oxygen atoms in total. The molecule has 3 aromatic rings. The number of nitrogens with zero attached hydrogens (tertiary/aromatic N) is 6. The molecule has 16 heteroatoms. The molecular weight excluding hydrogens is 745 g/mol. The number of ether oxygens (including phenoxy) is 2. The Hall–Kier alpha value is -4.93. The molecule has 1 aromatic heterocycles. The maximum atomic E-state index is 14.3. The van der Waals surface area contributed by atoms with E-state index in [-0.39, 0.29) is 30.4 Å². The number of amides is 4. The van der Waals surface area contributed by atoms with Crippen LogP contribution in [0.15, 0.2) is 45.6 Å². The number of oxazole rings is 1. The van der Waals surface area contributed by atoms with Gasteiger partial charge in [-0.15, -0.1) is 0 Å². The number of aryl methyl sites for hydroxylation is 1. The van der Waals surface area contributed by atoms with Crippen molar-refractivity contribution < 1.29 is 33.1 Å². The van der Waals surface area contributed by atoms with Crippen LogP contribution in [0.3, 0.4) is 0 Å². The van der Waals surface area contributed by atoms with E-state index in [4.69, 9.17) is 13.9 Å². The minimum atomic E-state index is -1.08. The summed E-state index contributed by atoms with van der Waals surface area (Å²) in [6.45, 7) is 9.38. The van der Waals surface area contributed by atoms with E-state index in [1.54, 1.807) is 15.9 Å². The van der Waals surface area contributed by atoms with E-state index in [9.17, 15) is 24.0 Å². The largest absolute Gasteiger partial charge is 0.464 e. The first-order valence-corrected chi connectivity index (χ1v) is 20.8. The lowest BCUT2D eigenvalue weighted by Gasteiger charge is -2.43. The average molecular weight is 803 g/mol. The van der Waals surface area contributed by atoms with E-state index >= 15 is 0 Å². The number of para-hydroxylation sites is 1. The lowest BCUT2D eigenvalue weighted by Crippen LogP contribution is -2.56. The molecule has 2 N–H and O–H groups in total. The summed E-state index contributed by atoms with van der Waals surface area (Å²) >= 11 is 0. The molecule has 5 heterocycles. The number of nitrogens with one attached hydrogen (secondary N) is 2. The molecular formula is C42H58N8O8. The summed E-state index contributed by atoms with van der Waals surface area (Å²) in [7, 11) is 3.90. The Balaban J connectivity index is 0.933. The van der Waals surface area contributed by atoms with Crippen molar-refractivity contribution in [2.24, 2.45) is 0 Å². The molecule has 0 radical (unpaired) electrons. The maximum absolute atomic E-state index is 14.3. The van der Waals surface area contributed by atoms with Crippen LogP contribution < -0.4 is 11.1 Å². The number of benzene rings is 2. The summed E-state index contributed by atoms with van der Waals surface area (Å²) in [6, 6.07) is 11.7. The van der Waals surface area contributed by atoms with E-state index in [1.165, 1.54) is 0 Å². The number of aromatic nitrogens is 1. The molecule has 4 aliphatic rings. The highest BCUT2D eigenvalue weighted by atomic mass is 16.6. The number of likely N-dealkylation sites (N-methyl/N-ethyl adjacent to an activating group) is 1. The SMILES string of the molecule is Cc1cc(C[C@@H](OC(=O)N2CCC(N3CCc4ccccc4NC3=O)CC2)C(=O)N2CCN(C3CCN(CCC(=O)OCCN(C)C)CC3)CC2)cc2oc(=O)[nH]c12. The lowest BCUT2D eigenvalue weighted by atomic mass is 10.0. The molecule has 1 atom stereocenters. The molecule has 4 amide bonds. The molecule has 3 fully saturated rings. The van der Waals surface area contributed by atoms with Crippen LogP contribution in [0.1, 0.15) is 48.8 Å². The fourth-order valence-corrected chi connectivity index (χ4v) is 8.78. The summed E-state index contributed by atoms with van der Waals surface area (Å²) in [5.41, 5.74) is 4.44. The highest BCUT2D eigenvalue weighted by Gasteiger charge is 2.36. The van der Waals surface area contributed by atoms with Crippen molar-refractivity contribution >= 4 is 40.8 Å². The number of anilines is 1. The molecule has 58 heavy (non-hydrogen) atoms. The van der Waals surface area contributed by atoms with Gasteiger partial charge in [0.15, 0.2) is 11.7 Å². The third-order valence-corrected chi connectivity index (χ3v) is 12.2. The van der Waals surface area contributed by atoms with E-state index in [2.05, 4.69) is 20.1 Å². The number of carbonyl (C=O) groups excluding carboxylic acids is 4. The molecule has 0 bridgehead atoms. The topological polar surface area (TPSA) is 164 Å². The number of hydrogen-bond donors (Lipinski definition) is 2. The predicted octanol–water partition coefficient (Wildman–Crippen LogP) is 3.14. The first-order chi connectivity index (χ1) is 28.0. The molecule has 0 aliphatic carbocycles. The van der Waals surface area contributed by atoms with Crippen molar-refractivity contribution in [3.8, 4) is 0 Å². The number of aromatic amines is 1. The van der Waals surface area contributed by atoms with E-state index in [0.717, 1.165) is 67.8 Å². The highest BCUT2D eigenvalue weighted by Crippen LogP contribution is 2.26. The molecule has 0 unspecified atom stereocenters. The van der Waals surface area contributed by atoms with Gasteiger partial charge in [0.2, 0.25) is 0 Å². The molecule has 314 valence electrons. The molecule has 4 aliphatic heterocycles. The Bertz CT molecular complexity index is 1970. The molecule has 7 rings (SSSR count). The maximum Gasteiger partial charge on any atom is 0.417 e. The smallest absolute Gasteiger partial charge is 0.417 e. The van der Waals surface area contributed by atoms with Gasteiger partial charge in [-0.1, -0.05) is 24.3 Å². The van der Waals surface area contributed by atoms with Crippen molar-refractivity contribution in [1.82, 2.24) is 34.4 Å². The standard InChI is InChI=1S/C42H58N8O8/c1-29-26-30(27-35-38(29)44-41(54)57-35)28-36(58-42(55)49-17-11-33(12-18-49)50-19-8-31-6-4-5-7-34(31)43-40(50)53)39(52)48-22-20-47(21-23-48)32-9-14-46(15-10-32)16-13-37(51)56-25-24-45(2)3/h4-7,26-27,32-33,36H,8-25,28H2,1-3H3,(H,43,53)(H,44,54)/t36-/m1/s1. The number of piperazine rings is 1. The van der Waals surface area contributed by atoms with Crippen LogP contribution in [0, 0.1) is 6.92 Å². The van der Waals surface area contributed by atoms with Gasteiger partial charge in [-0.2, -0.15) is 0 Å². The number of esters is 1. The van der Waals surface area contributed by atoms with Gasteiger partial charge in [0.1, 0.15) is 6.61 Å². The van der Waals surface area contributed by atoms with E-state index in [0.29, 0.717) is 88.8 Å². The van der Waals surface area contributed by atoms with E-state index in [1.807, 2.05) is 61.2 Å². The zero-order valence-corrected chi connectivity index (χ0v) is 34.1. The Kier molecular flexibility index (Phi) is 13.3. The fourth-order valence-electron chi connectivity index (χ4n) is 8.78. The summed E-state index contributed by atoms with van der Waals surface area (Å²) in [5, 5.41) is 3.04. The number of H-pyrrole nitrogens is 1. The second-order valence-corrected chi connectivity index (χ2v) is 16.3. The van der Waals surface area contributed by atoms with Crippen LogP contribution in [-0.4, -0.2) is 169 Å².